The highest BCUT2D eigenvalue weighted by atomic mass is 32.1. The molecule has 0 bridgehead atoms. The molecule has 2 aromatic carbocycles. The minimum atomic E-state index is -0.652. The fourth-order valence-electron chi connectivity index (χ4n) is 3.46. The number of benzene rings is 2. The van der Waals surface area contributed by atoms with Crippen LogP contribution in [0.15, 0.2) is 65.5 Å². The molecule has 0 spiro atoms. The minimum absolute atomic E-state index is 0.0955. The molecular weight excluding hydrogens is 464 g/mol. The first kappa shape index (κ1) is 24.0. The topological polar surface area (TPSA) is 114 Å². The lowest BCUT2D eigenvalue weighted by Crippen LogP contribution is -2.26. The fraction of sp³-hybridized carbons (Fsp3) is 0.192. The molecule has 0 unspecified atom stereocenters. The van der Waals surface area contributed by atoms with Crippen molar-refractivity contribution in [1.82, 2.24) is 15.2 Å². The summed E-state index contributed by atoms with van der Waals surface area (Å²) in [6.07, 6.45) is 0. The Balaban J connectivity index is 1.74. The number of aryl methyl sites for hydroxylation is 1. The lowest BCUT2D eigenvalue weighted by Gasteiger charge is -2.13. The molecule has 0 saturated heterocycles. The quantitative estimate of drug-likeness (QED) is 0.357. The lowest BCUT2D eigenvalue weighted by molar-refractivity contribution is 0.0463. The van der Waals surface area contributed by atoms with Gasteiger partial charge in [-0.15, -0.1) is 0 Å². The SMILES string of the molecule is Cc1nc(NC(=O)c2c(-c3ccccc3)c(-c3ccccc3)n[nH]c2=O)sc1C(=O)OCC(C)C. The van der Waals surface area contributed by atoms with Crippen molar-refractivity contribution in [3.63, 3.8) is 0 Å². The number of H-pyrrole nitrogens is 1. The van der Waals surface area contributed by atoms with Crippen LogP contribution in [0.25, 0.3) is 22.4 Å². The Morgan fingerprint density at radius 1 is 1.03 bits per heavy atom. The third-order valence-electron chi connectivity index (χ3n) is 5.07. The maximum atomic E-state index is 13.4. The number of carbonyl (C=O) groups excluding carboxylic acids is 2. The molecule has 0 atom stereocenters. The van der Waals surface area contributed by atoms with E-state index in [1.165, 1.54) is 0 Å². The monoisotopic (exact) mass is 488 g/mol. The van der Waals surface area contributed by atoms with Crippen molar-refractivity contribution in [2.24, 2.45) is 5.92 Å². The standard InChI is InChI=1S/C26H24N4O4S/c1-15(2)14-34-25(33)22-16(3)27-26(35-22)28-23(31)20-19(17-10-6-4-7-11-17)21(29-30-24(20)32)18-12-8-5-9-13-18/h4-13,15H,14H2,1-3H3,(H,30,32)(H,27,28,31). The van der Waals surface area contributed by atoms with Gasteiger partial charge >= 0.3 is 5.97 Å². The van der Waals surface area contributed by atoms with Gasteiger partial charge in [0.05, 0.1) is 18.0 Å². The van der Waals surface area contributed by atoms with Gasteiger partial charge in [-0.2, -0.15) is 5.10 Å². The van der Waals surface area contributed by atoms with Crippen LogP contribution in [0.1, 0.15) is 39.6 Å². The molecule has 0 aliphatic carbocycles. The number of ether oxygens (including phenoxy) is 1. The van der Waals surface area contributed by atoms with Gasteiger partial charge in [-0.25, -0.2) is 14.9 Å². The zero-order valence-corrected chi connectivity index (χ0v) is 20.3. The molecule has 4 rings (SSSR count). The number of thiazole rings is 1. The highest BCUT2D eigenvalue weighted by Gasteiger charge is 2.25. The van der Waals surface area contributed by atoms with Gasteiger partial charge < -0.3 is 4.74 Å². The average Bonchev–Trinajstić information content (AvgIpc) is 3.23. The van der Waals surface area contributed by atoms with E-state index in [-0.39, 0.29) is 23.2 Å². The third-order valence-corrected chi connectivity index (χ3v) is 6.12. The van der Waals surface area contributed by atoms with Gasteiger partial charge in [-0.1, -0.05) is 85.8 Å². The van der Waals surface area contributed by atoms with Gasteiger partial charge in [0, 0.05) is 11.1 Å². The van der Waals surface area contributed by atoms with Gasteiger partial charge in [0.1, 0.15) is 10.4 Å². The highest BCUT2D eigenvalue weighted by molar-refractivity contribution is 7.17. The van der Waals surface area contributed by atoms with Crippen LogP contribution in [-0.2, 0) is 4.74 Å². The number of aromatic nitrogens is 3. The highest BCUT2D eigenvalue weighted by Crippen LogP contribution is 2.32. The van der Waals surface area contributed by atoms with Crippen molar-refractivity contribution in [3.05, 3.63) is 87.2 Å². The van der Waals surface area contributed by atoms with Crippen LogP contribution in [-0.4, -0.2) is 33.7 Å². The van der Waals surface area contributed by atoms with E-state index in [0.717, 1.165) is 16.9 Å². The molecule has 0 fully saturated rings. The smallest absolute Gasteiger partial charge is 0.350 e. The summed E-state index contributed by atoms with van der Waals surface area (Å²) in [7, 11) is 0. The Morgan fingerprint density at radius 3 is 2.29 bits per heavy atom. The Labute approximate surface area is 206 Å². The van der Waals surface area contributed by atoms with Crippen LogP contribution < -0.4 is 10.9 Å². The molecule has 1 amide bonds. The summed E-state index contributed by atoms with van der Waals surface area (Å²) in [5.41, 5.74) is 2.00. The Hall–Kier alpha value is -4.11. The summed E-state index contributed by atoms with van der Waals surface area (Å²) in [5.74, 6) is -0.951. The number of rotatable bonds is 7. The van der Waals surface area contributed by atoms with E-state index in [9.17, 15) is 14.4 Å². The van der Waals surface area contributed by atoms with E-state index < -0.39 is 17.4 Å². The van der Waals surface area contributed by atoms with Gasteiger partial charge in [0.2, 0.25) is 0 Å². The molecule has 0 aliphatic rings. The van der Waals surface area contributed by atoms with E-state index in [0.29, 0.717) is 27.4 Å². The van der Waals surface area contributed by atoms with Crippen LogP contribution in [0.4, 0.5) is 5.13 Å². The maximum absolute atomic E-state index is 13.4. The van der Waals surface area contributed by atoms with Crippen molar-refractivity contribution in [2.45, 2.75) is 20.8 Å². The largest absolute Gasteiger partial charge is 0.461 e. The molecular formula is C26H24N4O4S. The zero-order valence-electron chi connectivity index (χ0n) is 19.5. The molecule has 178 valence electrons. The molecule has 9 heteroatoms. The van der Waals surface area contributed by atoms with Crippen LogP contribution >= 0.6 is 11.3 Å². The fourth-order valence-corrected chi connectivity index (χ4v) is 4.32. The number of hydrogen-bond acceptors (Lipinski definition) is 7. The molecule has 35 heavy (non-hydrogen) atoms. The zero-order chi connectivity index (χ0) is 24.9. The van der Waals surface area contributed by atoms with E-state index in [4.69, 9.17) is 4.74 Å². The number of esters is 1. The normalized spacial score (nSPS) is 10.9. The molecule has 2 aromatic heterocycles. The van der Waals surface area contributed by atoms with Crippen LogP contribution in [0.5, 0.6) is 0 Å². The molecule has 0 aliphatic heterocycles. The van der Waals surface area contributed by atoms with E-state index in [1.807, 2.05) is 74.5 Å². The molecule has 0 saturated carbocycles. The van der Waals surface area contributed by atoms with Gasteiger partial charge in [-0.05, 0) is 18.4 Å². The van der Waals surface area contributed by atoms with Crippen LogP contribution in [0, 0.1) is 12.8 Å². The van der Waals surface area contributed by atoms with E-state index >= 15 is 0 Å². The number of hydrogen-bond donors (Lipinski definition) is 2. The van der Waals surface area contributed by atoms with E-state index in [1.54, 1.807) is 6.92 Å². The molecule has 2 N–H and O–H groups in total. The predicted molar refractivity (Wildman–Crippen MR) is 136 cm³/mol. The molecule has 2 heterocycles. The summed E-state index contributed by atoms with van der Waals surface area (Å²) in [6.45, 7) is 5.84. The first-order valence-electron chi connectivity index (χ1n) is 11.0. The second kappa shape index (κ2) is 10.4. The summed E-state index contributed by atoms with van der Waals surface area (Å²) in [6, 6.07) is 18.4. The van der Waals surface area contributed by atoms with Crippen LogP contribution in [0.2, 0.25) is 0 Å². The Morgan fingerprint density at radius 2 is 1.66 bits per heavy atom. The van der Waals surface area contributed by atoms with Gasteiger partial charge in [0.25, 0.3) is 11.5 Å². The number of nitrogens with zero attached hydrogens (tertiary/aromatic N) is 2. The summed E-state index contributed by atoms with van der Waals surface area (Å²) in [4.78, 5) is 43.3. The number of anilines is 1. The maximum Gasteiger partial charge on any atom is 0.350 e. The van der Waals surface area contributed by atoms with Crippen molar-refractivity contribution < 1.29 is 14.3 Å². The van der Waals surface area contributed by atoms with Crippen molar-refractivity contribution in [1.29, 1.82) is 0 Å². The average molecular weight is 489 g/mol. The minimum Gasteiger partial charge on any atom is -0.461 e. The number of nitrogens with one attached hydrogen (secondary N) is 2. The number of carbonyl (C=O) groups is 2. The lowest BCUT2D eigenvalue weighted by atomic mass is 9.95. The Bertz CT molecular complexity index is 1410. The summed E-state index contributed by atoms with van der Waals surface area (Å²) in [5, 5.41) is 9.58. The van der Waals surface area contributed by atoms with Crippen molar-refractivity contribution in [2.75, 3.05) is 11.9 Å². The van der Waals surface area contributed by atoms with Crippen molar-refractivity contribution in [3.8, 4) is 22.4 Å². The van der Waals surface area contributed by atoms with E-state index in [2.05, 4.69) is 20.5 Å². The van der Waals surface area contributed by atoms with Crippen LogP contribution in [0.3, 0.4) is 0 Å². The summed E-state index contributed by atoms with van der Waals surface area (Å²) >= 11 is 1.00. The molecule has 8 nitrogen and oxygen atoms in total. The van der Waals surface area contributed by atoms with Crippen molar-refractivity contribution >= 4 is 28.3 Å². The Kier molecular flexibility index (Phi) is 7.17. The molecule has 0 radical (unpaired) electrons. The number of amides is 1. The predicted octanol–water partition coefficient (Wildman–Crippen LogP) is 4.93. The molecule has 4 aromatic rings. The number of aromatic amines is 1. The third kappa shape index (κ3) is 5.36. The second-order valence-corrected chi connectivity index (χ2v) is 9.26. The summed E-state index contributed by atoms with van der Waals surface area (Å²) < 4.78 is 5.29. The van der Waals surface area contributed by atoms with Gasteiger partial charge in [0.15, 0.2) is 5.13 Å². The first-order chi connectivity index (χ1) is 16.8. The second-order valence-electron chi connectivity index (χ2n) is 8.26. The van der Waals surface area contributed by atoms with Gasteiger partial charge in [-0.3, -0.25) is 14.9 Å². The first-order valence-corrected chi connectivity index (χ1v) is 11.9.